The first kappa shape index (κ1) is 16.7. The third-order valence-corrected chi connectivity index (χ3v) is 4.04. The molecule has 1 atom stereocenters. The predicted octanol–water partition coefficient (Wildman–Crippen LogP) is 1.10. The minimum Gasteiger partial charge on any atom is -0.350 e. The quantitative estimate of drug-likeness (QED) is 0.908. The lowest BCUT2D eigenvalue weighted by Gasteiger charge is -2.29. The van der Waals surface area contributed by atoms with Crippen LogP contribution in [0, 0.1) is 6.92 Å². The van der Waals surface area contributed by atoms with Crippen molar-refractivity contribution in [3.63, 3.8) is 0 Å². The van der Waals surface area contributed by atoms with Crippen molar-refractivity contribution in [2.45, 2.75) is 65.7 Å². The van der Waals surface area contributed by atoms with Crippen LogP contribution in [0.2, 0.25) is 0 Å². The molecule has 1 amide bonds. The molecular formula is C16H26N4O2. The molecule has 1 aliphatic heterocycles. The fourth-order valence-electron chi connectivity index (χ4n) is 2.83. The number of nitrogens with zero attached hydrogens (tertiary/aromatic N) is 3. The van der Waals surface area contributed by atoms with E-state index < -0.39 is 0 Å². The topological polar surface area (TPSA) is 67.2 Å². The number of hydrogen-bond donors (Lipinski definition) is 1. The zero-order chi connectivity index (χ0) is 16.7. The molecule has 2 heterocycles. The van der Waals surface area contributed by atoms with Gasteiger partial charge in [-0.3, -0.25) is 19.1 Å². The Balaban J connectivity index is 2.23. The molecule has 6 heteroatoms. The number of aryl methyl sites for hydroxylation is 1. The van der Waals surface area contributed by atoms with Gasteiger partial charge in [-0.25, -0.2) is 4.98 Å². The summed E-state index contributed by atoms with van der Waals surface area (Å²) in [6.07, 6.45) is 0.704. The van der Waals surface area contributed by atoms with Gasteiger partial charge in [-0.05, 0) is 34.1 Å². The summed E-state index contributed by atoms with van der Waals surface area (Å²) in [5.41, 5.74) is 1.26. The maximum atomic E-state index is 12.5. The summed E-state index contributed by atoms with van der Waals surface area (Å²) in [4.78, 5) is 31.4. The molecule has 0 radical (unpaired) electrons. The van der Waals surface area contributed by atoms with E-state index >= 15 is 0 Å². The van der Waals surface area contributed by atoms with Gasteiger partial charge in [-0.15, -0.1) is 0 Å². The molecule has 1 aromatic heterocycles. The average Bonchev–Trinajstić information content (AvgIpc) is 2.78. The van der Waals surface area contributed by atoms with E-state index in [0.29, 0.717) is 25.3 Å². The largest absolute Gasteiger partial charge is 0.350 e. The van der Waals surface area contributed by atoms with Gasteiger partial charge in [0.05, 0.1) is 17.3 Å². The van der Waals surface area contributed by atoms with Crippen molar-refractivity contribution >= 4 is 5.91 Å². The Hall–Kier alpha value is -1.69. The van der Waals surface area contributed by atoms with Crippen LogP contribution in [0.1, 0.15) is 51.2 Å². The van der Waals surface area contributed by atoms with Crippen molar-refractivity contribution < 1.29 is 4.79 Å². The van der Waals surface area contributed by atoms with Gasteiger partial charge in [0.25, 0.3) is 5.56 Å². The highest BCUT2D eigenvalue weighted by molar-refractivity contribution is 5.82. The summed E-state index contributed by atoms with van der Waals surface area (Å²) in [5.74, 6) is 0.717. The highest BCUT2D eigenvalue weighted by atomic mass is 16.2. The first-order chi connectivity index (χ1) is 10.1. The van der Waals surface area contributed by atoms with E-state index in [2.05, 4.69) is 10.3 Å². The lowest BCUT2D eigenvalue weighted by molar-refractivity contribution is -0.128. The van der Waals surface area contributed by atoms with Crippen LogP contribution in [0.15, 0.2) is 4.79 Å². The van der Waals surface area contributed by atoms with Gasteiger partial charge in [0, 0.05) is 25.7 Å². The van der Waals surface area contributed by atoms with Crippen LogP contribution in [-0.2, 0) is 24.9 Å². The molecule has 0 saturated heterocycles. The highest BCUT2D eigenvalue weighted by Crippen LogP contribution is 2.22. The van der Waals surface area contributed by atoms with Crippen LogP contribution < -0.4 is 10.9 Å². The Morgan fingerprint density at radius 1 is 1.36 bits per heavy atom. The van der Waals surface area contributed by atoms with Crippen molar-refractivity contribution in [3.8, 4) is 0 Å². The first-order valence-corrected chi connectivity index (χ1v) is 7.75. The maximum absolute atomic E-state index is 12.5. The van der Waals surface area contributed by atoms with Gasteiger partial charge in [0.2, 0.25) is 5.91 Å². The Morgan fingerprint density at radius 2 is 2.00 bits per heavy atom. The van der Waals surface area contributed by atoms with Gasteiger partial charge in [0.1, 0.15) is 5.82 Å². The molecule has 0 bridgehead atoms. The number of aromatic nitrogens is 2. The third kappa shape index (κ3) is 3.21. The molecule has 6 nitrogen and oxygen atoms in total. The molecule has 0 unspecified atom stereocenters. The van der Waals surface area contributed by atoms with Crippen molar-refractivity contribution in [1.82, 2.24) is 19.8 Å². The number of carbonyl (C=O) groups is 1. The summed E-state index contributed by atoms with van der Waals surface area (Å²) < 4.78 is 1.57. The molecule has 0 saturated carbocycles. The van der Waals surface area contributed by atoms with Crippen LogP contribution >= 0.6 is 0 Å². The monoisotopic (exact) mass is 306 g/mol. The van der Waals surface area contributed by atoms with Crippen molar-refractivity contribution in [3.05, 3.63) is 27.4 Å². The Labute approximate surface area is 131 Å². The molecule has 0 spiro atoms. The number of nitrogens with one attached hydrogen (secondary N) is 1. The minimum absolute atomic E-state index is 0.00363. The van der Waals surface area contributed by atoms with Gasteiger partial charge >= 0.3 is 0 Å². The van der Waals surface area contributed by atoms with Crippen molar-refractivity contribution in [2.24, 2.45) is 7.05 Å². The Morgan fingerprint density at radius 3 is 2.55 bits per heavy atom. The van der Waals surface area contributed by atoms with Crippen LogP contribution in [-0.4, -0.2) is 31.9 Å². The first-order valence-electron chi connectivity index (χ1n) is 7.75. The molecule has 0 fully saturated rings. The molecular weight excluding hydrogens is 280 g/mol. The molecule has 2 rings (SSSR count). The average molecular weight is 306 g/mol. The van der Waals surface area contributed by atoms with Crippen molar-refractivity contribution in [1.29, 1.82) is 0 Å². The third-order valence-electron chi connectivity index (χ3n) is 4.04. The summed E-state index contributed by atoms with van der Waals surface area (Å²) in [5, 5.41) is 3.03. The number of fused-ring (bicyclic) bond motifs is 1. The number of hydrogen-bond acceptors (Lipinski definition) is 4. The fraction of sp³-hybridized carbons (Fsp3) is 0.688. The van der Waals surface area contributed by atoms with E-state index in [1.165, 1.54) is 0 Å². The number of amides is 1. The lowest BCUT2D eigenvalue weighted by Crippen LogP contribution is -2.50. The van der Waals surface area contributed by atoms with Gasteiger partial charge in [-0.2, -0.15) is 0 Å². The number of carbonyl (C=O) groups excluding carboxylic acids is 1. The molecule has 1 N–H and O–H groups in total. The number of rotatable bonds is 3. The van der Waals surface area contributed by atoms with E-state index in [-0.39, 0.29) is 23.0 Å². The van der Waals surface area contributed by atoms with E-state index in [0.717, 1.165) is 11.3 Å². The van der Waals surface area contributed by atoms with Gasteiger partial charge < -0.3 is 5.32 Å². The van der Waals surface area contributed by atoms with Crippen LogP contribution in [0.4, 0.5) is 0 Å². The Kier molecular flexibility index (Phi) is 4.42. The van der Waals surface area contributed by atoms with Crippen molar-refractivity contribution in [2.75, 3.05) is 0 Å². The van der Waals surface area contributed by atoms with Gasteiger partial charge in [0.15, 0.2) is 0 Å². The molecule has 1 aliphatic rings. The summed E-state index contributed by atoms with van der Waals surface area (Å²) in [6.45, 7) is 10.8. The van der Waals surface area contributed by atoms with Gasteiger partial charge in [-0.1, -0.05) is 6.92 Å². The van der Waals surface area contributed by atoms with E-state index in [9.17, 15) is 9.59 Å². The summed E-state index contributed by atoms with van der Waals surface area (Å²) in [6, 6.07) is -0.238. The van der Waals surface area contributed by atoms with E-state index in [1.807, 2.05) is 39.5 Å². The normalized spacial score (nSPS) is 16.5. The predicted molar refractivity (Wildman–Crippen MR) is 85.4 cm³/mol. The fourth-order valence-corrected chi connectivity index (χ4v) is 2.83. The molecule has 0 aliphatic carbocycles. The summed E-state index contributed by atoms with van der Waals surface area (Å²) in [7, 11) is 1.73. The van der Waals surface area contributed by atoms with Crippen LogP contribution in [0.3, 0.4) is 0 Å². The molecule has 122 valence electrons. The smallest absolute Gasteiger partial charge is 0.258 e. The lowest BCUT2D eigenvalue weighted by atomic mass is 10.1. The zero-order valence-corrected chi connectivity index (χ0v) is 14.4. The minimum atomic E-state index is -0.262. The Bertz CT molecular complexity index is 643. The second kappa shape index (κ2) is 5.83. The molecule has 0 aromatic carbocycles. The second-order valence-electron chi connectivity index (χ2n) is 7.02. The SMILES string of the molecule is CC[C@H](C(=O)NC(C)(C)C)N1Cc2nc(C)n(C)c(=O)c2C1. The van der Waals surface area contributed by atoms with E-state index in [1.54, 1.807) is 11.6 Å². The highest BCUT2D eigenvalue weighted by Gasteiger charge is 2.33. The standard InChI is InChI=1S/C16H26N4O2/c1-7-13(14(21)18-16(3,4)5)20-8-11-12(9-20)17-10(2)19(6)15(11)22/h13H,7-9H2,1-6H3,(H,18,21)/t13-/m1/s1. The summed E-state index contributed by atoms with van der Waals surface area (Å²) >= 11 is 0. The molecule has 22 heavy (non-hydrogen) atoms. The second-order valence-corrected chi connectivity index (χ2v) is 7.02. The van der Waals surface area contributed by atoms with Crippen LogP contribution in [0.25, 0.3) is 0 Å². The maximum Gasteiger partial charge on any atom is 0.258 e. The van der Waals surface area contributed by atoms with E-state index in [4.69, 9.17) is 0 Å². The molecule has 1 aromatic rings. The van der Waals surface area contributed by atoms with Crippen LogP contribution in [0.5, 0.6) is 0 Å². The zero-order valence-electron chi connectivity index (χ0n) is 14.4.